The van der Waals surface area contributed by atoms with E-state index in [1.54, 1.807) is 0 Å². The van der Waals surface area contributed by atoms with Crippen LogP contribution in [0.25, 0.3) is 121 Å². The summed E-state index contributed by atoms with van der Waals surface area (Å²) in [5.74, 6) is 0. The number of aryl methyl sites for hydroxylation is 1. The summed E-state index contributed by atoms with van der Waals surface area (Å²) >= 11 is 0. The molecular weight excluding hydrogens is 761 g/mol. The predicted octanol–water partition coefficient (Wildman–Crippen LogP) is 16.6. The Hall–Kier alpha value is -8.20. The zero-order valence-electron chi connectivity index (χ0n) is 34.8. The van der Waals surface area contributed by atoms with Crippen LogP contribution in [0, 0.1) is 6.92 Å². The van der Waals surface area contributed by atoms with Gasteiger partial charge in [0.05, 0.1) is 23.3 Å². The molecular formula is C61H40N2. The van der Waals surface area contributed by atoms with Crippen LogP contribution in [0.2, 0.25) is 0 Å². The van der Waals surface area contributed by atoms with Crippen LogP contribution in [-0.2, 0) is 0 Å². The first-order valence-electron chi connectivity index (χ1n) is 21.6. The van der Waals surface area contributed by atoms with Crippen molar-refractivity contribution in [3.8, 4) is 67.2 Å². The van der Waals surface area contributed by atoms with Gasteiger partial charge in [-0.3, -0.25) is 4.98 Å². The maximum Gasteiger partial charge on any atom is 0.0972 e. The molecule has 0 aliphatic heterocycles. The second kappa shape index (κ2) is 15.1. The number of aromatic nitrogens is 2. The minimum atomic E-state index is 0.853. The smallest absolute Gasteiger partial charge is 0.0972 e. The van der Waals surface area contributed by atoms with Gasteiger partial charge in [0, 0.05) is 16.7 Å². The molecule has 294 valence electrons. The molecule has 0 unspecified atom stereocenters. The molecule has 0 fully saturated rings. The highest BCUT2D eigenvalue weighted by Crippen LogP contribution is 2.42. The average Bonchev–Trinajstić information content (AvgIpc) is 3.35. The van der Waals surface area contributed by atoms with Crippen molar-refractivity contribution in [2.24, 2.45) is 0 Å². The van der Waals surface area contributed by atoms with Crippen molar-refractivity contribution >= 4 is 53.9 Å². The van der Waals surface area contributed by atoms with Gasteiger partial charge in [0.25, 0.3) is 0 Å². The fourth-order valence-electron chi connectivity index (χ4n) is 9.66. The first-order chi connectivity index (χ1) is 31.1. The van der Waals surface area contributed by atoms with Gasteiger partial charge in [0.15, 0.2) is 0 Å². The summed E-state index contributed by atoms with van der Waals surface area (Å²) in [6, 6.07) is 79.0. The van der Waals surface area contributed by atoms with Crippen LogP contribution in [0.1, 0.15) is 5.56 Å². The van der Waals surface area contributed by atoms with Crippen LogP contribution in [0.5, 0.6) is 0 Å². The lowest BCUT2D eigenvalue weighted by atomic mass is 9.88. The van der Waals surface area contributed by atoms with Gasteiger partial charge < -0.3 is 0 Å². The molecule has 11 aromatic carbocycles. The number of nitrogens with zero attached hydrogens (tertiary/aromatic N) is 2. The van der Waals surface area contributed by atoms with Crippen molar-refractivity contribution < 1.29 is 0 Å². The molecule has 0 atom stereocenters. The van der Waals surface area contributed by atoms with Crippen LogP contribution >= 0.6 is 0 Å². The largest absolute Gasteiger partial charge is 0.252 e. The van der Waals surface area contributed by atoms with E-state index in [0.717, 1.165) is 33.8 Å². The molecule has 0 aliphatic carbocycles. The first kappa shape index (κ1) is 36.6. The Bertz CT molecular complexity index is 3720. The quantitative estimate of drug-likeness (QED) is 0.157. The molecule has 0 saturated heterocycles. The van der Waals surface area contributed by atoms with Crippen LogP contribution in [-0.4, -0.2) is 9.97 Å². The van der Waals surface area contributed by atoms with E-state index in [2.05, 4.69) is 201 Å². The Kier molecular flexibility index (Phi) is 8.76. The van der Waals surface area contributed by atoms with Gasteiger partial charge in [-0.1, -0.05) is 200 Å². The van der Waals surface area contributed by atoms with E-state index < -0.39 is 0 Å². The maximum atomic E-state index is 5.20. The Morgan fingerprint density at radius 1 is 0.302 bits per heavy atom. The SMILES string of the molecule is Cc1cccc2ccc3cccc(-c4cccc5ccc6cc(-c7ccc(-c8ccc9cc(-c%10cnc(-c%11ccccc%11)c(-c%11ccccc%11)n%10)ccc9c8)cc7)ccc6c45)c3c12. The molecule has 2 heteroatoms. The number of rotatable bonds is 6. The fourth-order valence-corrected chi connectivity index (χ4v) is 9.66. The van der Waals surface area contributed by atoms with Crippen molar-refractivity contribution in [1.82, 2.24) is 9.97 Å². The second-order valence-electron chi connectivity index (χ2n) is 16.6. The normalized spacial score (nSPS) is 11.6. The lowest BCUT2D eigenvalue weighted by molar-refractivity contribution is 1.21. The minimum absolute atomic E-state index is 0.853. The Morgan fingerprint density at radius 2 is 0.778 bits per heavy atom. The Morgan fingerprint density at radius 3 is 1.44 bits per heavy atom. The van der Waals surface area contributed by atoms with Gasteiger partial charge in [0.2, 0.25) is 0 Å². The molecule has 0 amide bonds. The standard InChI is InChI=1S/C61H40N2/c1-39-11-8-16-42-25-26-44-18-10-20-55(59(44)57(39)42)54-19-9-17-43-27-31-51-36-48(33-34-53(51)58(43)54)41-23-21-40(22-24-41)47-28-29-50-37-52(32-30-49(50)35-47)56-38-62-60(45-12-4-2-5-13-45)61(63-56)46-14-6-3-7-15-46/h2-38H,1H3. The van der Waals surface area contributed by atoms with E-state index in [0.29, 0.717) is 0 Å². The van der Waals surface area contributed by atoms with Crippen molar-refractivity contribution in [3.05, 3.63) is 230 Å². The van der Waals surface area contributed by atoms with Gasteiger partial charge in [-0.25, -0.2) is 4.98 Å². The minimum Gasteiger partial charge on any atom is -0.252 e. The third-order valence-corrected chi connectivity index (χ3v) is 12.8. The summed E-state index contributed by atoms with van der Waals surface area (Å²) in [7, 11) is 0. The number of benzene rings is 11. The summed E-state index contributed by atoms with van der Waals surface area (Å²) < 4.78 is 0. The van der Waals surface area contributed by atoms with Gasteiger partial charge >= 0.3 is 0 Å². The molecule has 0 bridgehead atoms. The van der Waals surface area contributed by atoms with Crippen LogP contribution in [0.15, 0.2) is 225 Å². The number of hydrogen-bond acceptors (Lipinski definition) is 2. The molecule has 0 radical (unpaired) electrons. The van der Waals surface area contributed by atoms with Gasteiger partial charge in [-0.2, -0.15) is 0 Å². The topological polar surface area (TPSA) is 25.8 Å². The molecule has 1 heterocycles. The lowest BCUT2D eigenvalue weighted by Crippen LogP contribution is -1.96. The van der Waals surface area contributed by atoms with Crippen molar-refractivity contribution in [2.45, 2.75) is 6.92 Å². The molecule has 0 aliphatic rings. The molecule has 63 heavy (non-hydrogen) atoms. The average molecular weight is 801 g/mol. The van der Waals surface area contributed by atoms with Crippen LogP contribution < -0.4 is 0 Å². The molecule has 0 saturated carbocycles. The molecule has 0 spiro atoms. The molecule has 1 aromatic heterocycles. The summed E-state index contributed by atoms with van der Waals surface area (Å²) in [5.41, 5.74) is 14.4. The van der Waals surface area contributed by atoms with Gasteiger partial charge in [0.1, 0.15) is 0 Å². The molecule has 12 aromatic rings. The molecule has 12 rings (SSSR count). The van der Waals surface area contributed by atoms with E-state index in [-0.39, 0.29) is 0 Å². The summed E-state index contributed by atoms with van der Waals surface area (Å²) in [6.07, 6.45) is 1.90. The highest BCUT2D eigenvalue weighted by atomic mass is 14.8. The molecule has 2 nitrogen and oxygen atoms in total. The zero-order valence-corrected chi connectivity index (χ0v) is 34.8. The van der Waals surface area contributed by atoms with Crippen LogP contribution in [0.4, 0.5) is 0 Å². The van der Waals surface area contributed by atoms with Crippen molar-refractivity contribution in [3.63, 3.8) is 0 Å². The van der Waals surface area contributed by atoms with E-state index in [1.807, 2.05) is 30.5 Å². The third kappa shape index (κ3) is 6.43. The van der Waals surface area contributed by atoms with Crippen LogP contribution in [0.3, 0.4) is 0 Å². The maximum absolute atomic E-state index is 5.20. The number of fused-ring (bicyclic) bond motifs is 7. The monoisotopic (exact) mass is 800 g/mol. The summed E-state index contributed by atoms with van der Waals surface area (Å²) in [4.78, 5) is 10.2. The third-order valence-electron chi connectivity index (χ3n) is 12.8. The van der Waals surface area contributed by atoms with E-state index in [4.69, 9.17) is 9.97 Å². The number of hydrogen-bond donors (Lipinski definition) is 0. The second-order valence-corrected chi connectivity index (χ2v) is 16.6. The van der Waals surface area contributed by atoms with E-state index in [9.17, 15) is 0 Å². The van der Waals surface area contributed by atoms with Gasteiger partial charge in [-0.15, -0.1) is 0 Å². The summed E-state index contributed by atoms with van der Waals surface area (Å²) in [5, 5.41) is 12.6. The Balaban J connectivity index is 0.860. The summed E-state index contributed by atoms with van der Waals surface area (Å²) in [6.45, 7) is 2.23. The predicted molar refractivity (Wildman–Crippen MR) is 267 cm³/mol. The van der Waals surface area contributed by atoms with Crippen molar-refractivity contribution in [1.29, 1.82) is 0 Å². The van der Waals surface area contributed by atoms with Crippen molar-refractivity contribution in [2.75, 3.05) is 0 Å². The van der Waals surface area contributed by atoms with Gasteiger partial charge in [-0.05, 0) is 118 Å². The Labute approximate surface area is 366 Å². The lowest BCUT2D eigenvalue weighted by Gasteiger charge is -2.16. The highest BCUT2D eigenvalue weighted by molar-refractivity contribution is 6.21. The molecule has 0 N–H and O–H groups in total. The highest BCUT2D eigenvalue weighted by Gasteiger charge is 2.16. The van der Waals surface area contributed by atoms with E-state index in [1.165, 1.54) is 92.8 Å². The van der Waals surface area contributed by atoms with E-state index >= 15 is 0 Å². The zero-order chi connectivity index (χ0) is 41.9. The first-order valence-corrected chi connectivity index (χ1v) is 21.6. The fraction of sp³-hybridized carbons (Fsp3) is 0.0164.